The number of aryl methyl sites for hydroxylation is 2. The number of nitrogens with one attached hydrogen (secondary N) is 2. The van der Waals surface area contributed by atoms with E-state index >= 15 is 0 Å². The molecule has 26 heavy (non-hydrogen) atoms. The second kappa shape index (κ2) is 7.74. The third-order valence-electron chi connectivity index (χ3n) is 4.14. The van der Waals surface area contributed by atoms with Crippen LogP contribution < -0.4 is 21.1 Å². The first-order chi connectivity index (χ1) is 12.6. The summed E-state index contributed by atoms with van der Waals surface area (Å²) >= 11 is 0. The largest absolute Gasteiger partial charge is 0.495 e. The van der Waals surface area contributed by atoms with Gasteiger partial charge in [-0.25, -0.2) is 9.97 Å². The van der Waals surface area contributed by atoms with Crippen LogP contribution >= 0.6 is 0 Å². The number of rotatable bonds is 6. The zero-order valence-electron chi connectivity index (χ0n) is 15.2. The lowest BCUT2D eigenvalue weighted by atomic mass is 10.1. The molecule has 1 heterocycles. The minimum Gasteiger partial charge on any atom is -0.495 e. The zero-order chi connectivity index (χ0) is 18.5. The minimum absolute atomic E-state index is 0.446. The highest BCUT2D eigenvalue weighted by Gasteiger charge is 2.12. The Hall–Kier alpha value is -3.28. The molecule has 6 heteroatoms. The van der Waals surface area contributed by atoms with Gasteiger partial charge in [0.15, 0.2) is 11.6 Å². The molecule has 0 fully saturated rings. The average molecular weight is 349 g/mol. The van der Waals surface area contributed by atoms with Crippen LogP contribution in [0.15, 0.2) is 48.8 Å². The molecule has 0 aliphatic heterocycles. The number of nitrogens with two attached hydrogens (primary N) is 1. The van der Waals surface area contributed by atoms with Gasteiger partial charge in [-0.05, 0) is 42.7 Å². The number of para-hydroxylation sites is 1. The predicted molar refractivity (Wildman–Crippen MR) is 107 cm³/mol. The van der Waals surface area contributed by atoms with Crippen molar-refractivity contribution < 1.29 is 4.74 Å². The number of hydrogen-bond donors (Lipinski definition) is 3. The molecule has 0 saturated heterocycles. The summed E-state index contributed by atoms with van der Waals surface area (Å²) in [4.78, 5) is 8.57. The zero-order valence-corrected chi connectivity index (χ0v) is 15.2. The Bertz CT molecular complexity index is 910. The smallest absolute Gasteiger partial charge is 0.159 e. The van der Waals surface area contributed by atoms with E-state index in [1.165, 1.54) is 11.9 Å². The van der Waals surface area contributed by atoms with E-state index < -0.39 is 0 Å². The van der Waals surface area contributed by atoms with Gasteiger partial charge in [-0.2, -0.15) is 0 Å². The lowest BCUT2D eigenvalue weighted by molar-refractivity contribution is 0.416. The van der Waals surface area contributed by atoms with Crippen molar-refractivity contribution in [2.24, 2.45) is 0 Å². The SMILES string of the molecule is CCc1ccccc1Nc1ncnc(Nc2cc(C)ccc2OC)c1N. The molecule has 0 aliphatic rings. The topological polar surface area (TPSA) is 85.1 Å². The first-order valence-electron chi connectivity index (χ1n) is 8.49. The van der Waals surface area contributed by atoms with Crippen molar-refractivity contribution in [1.82, 2.24) is 9.97 Å². The lowest BCUT2D eigenvalue weighted by Gasteiger charge is -2.16. The van der Waals surface area contributed by atoms with Gasteiger partial charge >= 0.3 is 0 Å². The Morgan fingerprint density at radius 1 is 1.00 bits per heavy atom. The van der Waals surface area contributed by atoms with Gasteiger partial charge in [-0.3, -0.25) is 0 Å². The van der Waals surface area contributed by atoms with Gasteiger partial charge < -0.3 is 21.1 Å². The maximum Gasteiger partial charge on any atom is 0.159 e. The number of methoxy groups -OCH3 is 1. The van der Waals surface area contributed by atoms with Crippen LogP contribution in [0.1, 0.15) is 18.1 Å². The maximum atomic E-state index is 6.31. The fourth-order valence-electron chi connectivity index (χ4n) is 2.72. The Morgan fingerprint density at radius 2 is 1.69 bits per heavy atom. The van der Waals surface area contributed by atoms with Crippen LogP contribution in [0.2, 0.25) is 0 Å². The fraction of sp³-hybridized carbons (Fsp3) is 0.200. The minimum atomic E-state index is 0.446. The predicted octanol–water partition coefficient (Wildman–Crippen LogP) is 4.43. The molecule has 6 nitrogen and oxygen atoms in total. The summed E-state index contributed by atoms with van der Waals surface area (Å²) in [7, 11) is 1.63. The first kappa shape index (κ1) is 17.5. The van der Waals surface area contributed by atoms with E-state index in [1.54, 1.807) is 7.11 Å². The van der Waals surface area contributed by atoms with Crippen LogP contribution in [0.3, 0.4) is 0 Å². The lowest BCUT2D eigenvalue weighted by Crippen LogP contribution is -2.06. The maximum absolute atomic E-state index is 6.31. The highest BCUT2D eigenvalue weighted by atomic mass is 16.5. The molecule has 0 aliphatic carbocycles. The molecule has 2 aromatic carbocycles. The van der Waals surface area contributed by atoms with E-state index in [1.807, 2.05) is 43.3 Å². The second-order valence-electron chi connectivity index (χ2n) is 5.95. The number of nitrogen functional groups attached to an aromatic ring is 1. The summed E-state index contributed by atoms with van der Waals surface area (Å²) in [6.45, 7) is 4.13. The molecule has 0 spiro atoms. The summed E-state index contributed by atoms with van der Waals surface area (Å²) in [5.41, 5.74) is 10.8. The number of benzene rings is 2. The van der Waals surface area contributed by atoms with E-state index in [0.29, 0.717) is 17.3 Å². The normalized spacial score (nSPS) is 10.4. The summed E-state index contributed by atoms with van der Waals surface area (Å²) in [6, 6.07) is 14.0. The monoisotopic (exact) mass is 349 g/mol. The van der Waals surface area contributed by atoms with Gasteiger partial charge in [0.25, 0.3) is 0 Å². The number of nitrogens with zero attached hydrogens (tertiary/aromatic N) is 2. The summed E-state index contributed by atoms with van der Waals surface area (Å²) < 4.78 is 5.41. The molecule has 4 N–H and O–H groups in total. The molecule has 134 valence electrons. The van der Waals surface area contributed by atoms with E-state index in [2.05, 4.69) is 33.6 Å². The van der Waals surface area contributed by atoms with Crippen LogP contribution in [0.4, 0.5) is 28.7 Å². The molecule has 0 radical (unpaired) electrons. The molecule has 1 aromatic heterocycles. The Labute approximate surface area is 153 Å². The number of ether oxygens (including phenoxy) is 1. The van der Waals surface area contributed by atoms with Gasteiger partial charge in [0.05, 0.1) is 12.8 Å². The van der Waals surface area contributed by atoms with Gasteiger partial charge in [0, 0.05) is 5.69 Å². The number of aromatic nitrogens is 2. The van der Waals surface area contributed by atoms with E-state index in [9.17, 15) is 0 Å². The van der Waals surface area contributed by atoms with Crippen LogP contribution in [0.5, 0.6) is 5.75 Å². The molecular weight excluding hydrogens is 326 g/mol. The van der Waals surface area contributed by atoms with Crippen LogP contribution in [-0.2, 0) is 6.42 Å². The van der Waals surface area contributed by atoms with Crippen molar-refractivity contribution in [1.29, 1.82) is 0 Å². The molecule has 0 saturated carbocycles. The summed E-state index contributed by atoms with van der Waals surface area (Å²) in [5.74, 6) is 1.81. The van der Waals surface area contributed by atoms with Crippen molar-refractivity contribution in [2.45, 2.75) is 20.3 Å². The molecule has 0 atom stereocenters. The van der Waals surface area contributed by atoms with Gasteiger partial charge in [-0.15, -0.1) is 0 Å². The van der Waals surface area contributed by atoms with Gasteiger partial charge in [-0.1, -0.05) is 31.2 Å². The molecule has 3 rings (SSSR count). The average Bonchev–Trinajstić information content (AvgIpc) is 2.65. The fourth-order valence-corrected chi connectivity index (χ4v) is 2.72. The van der Waals surface area contributed by atoms with Crippen LogP contribution in [0, 0.1) is 6.92 Å². The molecule has 3 aromatic rings. The van der Waals surface area contributed by atoms with Crippen molar-refractivity contribution in [3.05, 3.63) is 59.9 Å². The number of hydrogen-bond acceptors (Lipinski definition) is 6. The Balaban J connectivity index is 1.92. The molecular formula is C20H23N5O. The molecule has 0 amide bonds. The number of anilines is 5. The van der Waals surface area contributed by atoms with Crippen LogP contribution in [0.25, 0.3) is 0 Å². The van der Waals surface area contributed by atoms with E-state index in [0.717, 1.165) is 29.1 Å². The van der Waals surface area contributed by atoms with E-state index in [-0.39, 0.29) is 0 Å². The van der Waals surface area contributed by atoms with Crippen LogP contribution in [-0.4, -0.2) is 17.1 Å². The standard InChI is InChI=1S/C20H23N5O/c1-4-14-7-5-6-8-15(14)24-19-18(21)20(23-12-22-19)25-16-11-13(2)9-10-17(16)26-3/h5-12H,4,21H2,1-3H3,(H2,22,23,24,25). The summed E-state index contributed by atoms with van der Waals surface area (Å²) in [6.07, 6.45) is 2.40. The van der Waals surface area contributed by atoms with Crippen molar-refractivity contribution in [3.63, 3.8) is 0 Å². The van der Waals surface area contributed by atoms with Crippen molar-refractivity contribution in [3.8, 4) is 5.75 Å². The third-order valence-corrected chi connectivity index (χ3v) is 4.14. The van der Waals surface area contributed by atoms with Crippen molar-refractivity contribution in [2.75, 3.05) is 23.5 Å². The molecule has 0 bridgehead atoms. The van der Waals surface area contributed by atoms with Gasteiger partial charge in [0.1, 0.15) is 17.8 Å². The van der Waals surface area contributed by atoms with Crippen molar-refractivity contribution >= 4 is 28.7 Å². The van der Waals surface area contributed by atoms with Gasteiger partial charge in [0.2, 0.25) is 0 Å². The highest BCUT2D eigenvalue weighted by Crippen LogP contribution is 2.33. The highest BCUT2D eigenvalue weighted by molar-refractivity contribution is 5.82. The third kappa shape index (κ3) is 3.69. The second-order valence-corrected chi connectivity index (χ2v) is 5.95. The first-order valence-corrected chi connectivity index (χ1v) is 8.49. The summed E-state index contributed by atoms with van der Waals surface area (Å²) in [5, 5.41) is 6.56. The quantitative estimate of drug-likeness (QED) is 0.610. The Morgan fingerprint density at radius 3 is 2.38 bits per heavy atom. The molecule has 0 unspecified atom stereocenters. The Kier molecular flexibility index (Phi) is 5.22. The van der Waals surface area contributed by atoms with E-state index in [4.69, 9.17) is 10.5 Å².